The summed E-state index contributed by atoms with van der Waals surface area (Å²) in [4.78, 5) is 2.23. The molecule has 0 aliphatic heterocycles. The molecule has 6 rings (SSSR count). The van der Waals surface area contributed by atoms with Crippen LogP contribution in [-0.2, 0) is 5.41 Å². The molecule has 0 saturated heterocycles. The summed E-state index contributed by atoms with van der Waals surface area (Å²) in [6.45, 7) is 0. The van der Waals surface area contributed by atoms with E-state index in [9.17, 15) is 0 Å². The zero-order valence-electron chi connectivity index (χ0n) is 18.6. The van der Waals surface area contributed by atoms with E-state index in [2.05, 4.69) is 145 Å². The fourth-order valence-electron chi connectivity index (χ4n) is 5.45. The number of rotatable bonds is 4. The van der Waals surface area contributed by atoms with E-state index in [4.69, 9.17) is 0 Å². The Labute approximate surface area is 195 Å². The first-order valence-electron chi connectivity index (χ1n) is 11.4. The molecule has 0 radical (unpaired) electrons. The van der Waals surface area contributed by atoms with E-state index in [1.54, 1.807) is 0 Å². The van der Waals surface area contributed by atoms with Crippen molar-refractivity contribution < 1.29 is 0 Å². The first-order valence-corrected chi connectivity index (χ1v) is 11.4. The van der Waals surface area contributed by atoms with E-state index in [1.165, 1.54) is 44.8 Å². The summed E-state index contributed by atoms with van der Waals surface area (Å²) in [7, 11) is 2.12. The van der Waals surface area contributed by atoms with Gasteiger partial charge in [-0.1, -0.05) is 109 Å². The van der Waals surface area contributed by atoms with Gasteiger partial charge < -0.3 is 4.90 Å². The van der Waals surface area contributed by atoms with Crippen LogP contribution in [0, 0.1) is 0 Å². The molecular formula is C32H25N. The molecule has 1 heteroatoms. The van der Waals surface area contributed by atoms with Crippen molar-refractivity contribution in [3.63, 3.8) is 0 Å². The molecule has 0 aromatic heterocycles. The van der Waals surface area contributed by atoms with Crippen LogP contribution in [-0.4, -0.2) is 7.05 Å². The molecule has 1 nitrogen and oxygen atoms in total. The van der Waals surface area contributed by atoms with Crippen LogP contribution in [0.25, 0.3) is 11.1 Å². The van der Waals surface area contributed by atoms with Gasteiger partial charge in [-0.05, 0) is 57.6 Å². The first kappa shape index (κ1) is 19.6. The minimum absolute atomic E-state index is 0.335. The lowest BCUT2D eigenvalue weighted by Crippen LogP contribution is -2.28. The maximum atomic E-state index is 2.31. The van der Waals surface area contributed by atoms with Crippen molar-refractivity contribution in [3.8, 4) is 11.1 Å². The van der Waals surface area contributed by atoms with Crippen LogP contribution in [0.5, 0.6) is 0 Å². The molecule has 5 aromatic rings. The molecule has 0 saturated carbocycles. The summed E-state index contributed by atoms with van der Waals surface area (Å²) in [6, 6.07) is 48.3. The summed E-state index contributed by atoms with van der Waals surface area (Å²) >= 11 is 0. The highest BCUT2D eigenvalue weighted by molar-refractivity contribution is 5.86. The summed E-state index contributed by atoms with van der Waals surface area (Å²) in [5.74, 6) is 0. The molecule has 0 N–H and O–H groups in total. The first-order chi connectivity index (χ1) is 16.3. The average Bonchev–Trinajstić information content (AvgIpc) is 3.21. The van der Waals surface area contributed by atoms with E-state index in [1.807, 2.05) is 0 Å². The lowest BCUT2D eigenvalue weighted by atomic mass is 9.68. The van der Waals surface area contributed by atoms with Crippen LogP contribution in [0.15, 0.2) is 133 Å². The van der Waals surface area contributed by atoms with E-state index >= 15 is 0 Å². The minimum Gasteiger partial charge on any atom is -0.345 e. The van der Waals surface area contributed by atoms with Crippen LogP contribution in [0.3, 0.4) is 0 Å². The molecule has 0 bridgehead atoms. The lowest BCUT2D eigenvalue weighted by Gasteiger charge is -2.34. The highest BCUT2D eigenvalue weighted by atomic mass is 15.1. The minimum atomic E-state index is -0.335. The third-order valence-electron chi connectivity index (χ3n) is 6.99. The molecule has 0 heterocycles. The third kappa shape index (κ3) is 2.93. The summed E-state index contributed by atoms with van der Waals surface area (Å²) in [5, 5.41) is 0. The number of benzene rings is 5. The summed E-state index contributed by atoms with van der Waals surface area (Å²) in [6.07, 6.45) is 0. The largest absolute Gasteiger partial charge is 0.345 e. The van der Waals surface area contributed by atoms with Crippen LogP contribution in [0.2, 0.25) is 0 Å². The van der Waals surface area contributed by atoms with Crippen molar-refractivity contribution in [1.82, 2.24) is 0 Å². The topological polar surface area (TPSA) is 3.24 Å². The molecule has 0 atom stereocenters. The van der Waals surface area contributed by atoms with Crippen molar-refractivity contribution in [1.29, 1.82) is 0 Å². The van der Waals surface area contributed by atoms with Crippen molar-refractivity contribution in [3.05, 3.63) is 156 Å². The Morgan fingerprint density at radius 2 is 0.848 bits per heavy atom. The number of hydrogen-bond donors (Lipinski definition) is 0. The molecular weight excluding hydrogens is 398 g/mol. The SMILES string of the molecule is CN(c1ccccc1)c1ccc(C2(c3ccccc3)c3ccccc3-c3ccccc32)cc1. The number of fused-ring (bicyclic) bond motifs is 3. The number of para-hydroxylation sites is 1. The Bertz CT molecular complexity index is 1360. The van der Waals surface area contributed by atoms with Gasteiger partial charge >= 0.3 is 0 Å². The van der Waals surface area contributed by atoms with Crippen molar-refractivity contribution in [2.45, 2.75) is 5.41 Å². The Hall–Kier alpha value is -4.10. The molecule has 0 fully saturated rings. The van der Waals surface area contributed by atoms with Crippen LogP contribution < -0.4 is 4.90 Å². The fourth-order valence-corrected chi connectivity index (χ4v) is 5.45. The van der Waals surface area contributed by atoms with Gasteiger partial charge in [-0.2, -0.15) is 0 Å². The van der Waals surface area contributed by atoms with Crippen molar-refractivity contribution in [2.24, 2.45) is 0 Å². The molecule has 158 valence electrons. The maximum Gasteiger partial charge on any atom is 0.0713 e. The van der Waals surface area contributed by atoms with E-state index in [0.29, 0.717) is 0 Å². The predicted molar refractivity (Wildman–Crippen MR) is 138 cm³/mol. The van der Waals surface area contributed by atoms with Gasteiger partial charge in [-0.15, -0.1) is 0 Å². The maximum absolute atomic E-state index is 2.31. The van der Waals surface area contributed by atoms with Gasteiger partial charge in [0.25, 0.3) is 0 Å². The zero-order chi connectivity index (χ0) is 22.3. The van der Waals surface area contributed by atoms with Gasteiger partial charge in [0.05, 0.1) is 5.41 Å². The van der Waals surface area contributed by atoms with Gasteiger partial charge in [0.1, 0.15) is 0 Å². The molecule has 0 unspecified atom stereocenters. The molecule has 1 aliphatic carbocycles. The second kappa shape index (κ2) is 7.79. The number of nitrogens with zero attached hydrogens (tertiary/aromatic N) is 1. The second-order valence-electron chi connectivity index (χ2n) is 8.65. The summed E-state index contributed by atoms with van der Waals surface area (Å²) < 4.78 is 0. The second-order valence-corrected chi connectivity index (χ2v) is 8.65. The molecule has 0 amide bonds. The highest BCUT2D eigenvalue weighted by Gasteiger charge is 2.45. The molecule has 1 aliphatic rings. The average molecular weight is 424 g/mol. The van der Waals surface area contributed by atoms with Crippen LogP contribution >= 0.6 is 0 Å². The quantitative estimate of drug-likeness (QED) is 0.279. The van der Waals surface area contributed by atoms with Gasteiger partial charge in [-0.3, -0.25) is 0 Å². The van der Waals surface area contributed by atoms with Gasteiger partial charge in [0.15, 0.2) is 0 Å². The Balaban J connectivity index is 1.58. The van der Waals surface area contributed by atoms with E-state index in [0.717, 1.165) is 0 Å². The predicted octanol–water partition coefficient (Wildman–Crippen LogP) is 7.82. The van der Waals surface area contributed by atoms with Crippen LogP contribution in [0.1, 0.15) is 22.3 Å². The number of anilines is 2. The van der Waals surface area contributed by atoms with Crippen molar-refractivity contribution >= 4 is 11.4 Å². The molecule has 0 spiro atoms. The van der Waals surface area contributed by atoms with E-state index < -0.39 is 0 Å². The van der Waals surface area contributed by atoms with Gasteiger partial charge in [-0.25, -0.2) is 0 Å². The van der Waals surface area contributed by atoms with Gasteiger partial charge in [0.2, 0.25) is 0 Å². The standard InChI is InChI=1S/C32H25N/c1-33(26-14-6-3-7-15-26)27-22-20-25(21-23-27)32(24-12-4-2-5-13-24)30-18-10-8-16-28(30)29-17-9-11-19-31(29)32/h2-23H,1H3. The monoisotopic (exact) mass is 423 g/mol. The van der Waals surface area contributed by atoms with Gasteiger partial charge in [0, 0.05) is 18.4 Å². The van der Waals surface area contributed by atoms with Crippen molar-refractivity contribution in [2.75, 3.05) is 11.9 Å². The Morgan fingerprint density at radius 3 is 1.42 bits per heavy atom. The van der Waals surface area contributed by atoms with Crippen LogP contribution in [0.4, 0.5) is 11.4 Å². The Morgan fingerprint density at radius 1 is 0.424 bits per heavy atom. The fraction of sp³-hybridized carbons (Fsp3) is 0.0625. The zero-order valence-corrected chi connectivity index (χ0v) is 18.6. The Kier molecular flexibility index (Phi) is 4.62. The third-order valence-corrected chi connectivity index (χ3v) is 6.99. The normalized spacial score (nSPS) is 13.2. The molecule has 5 aromatic carbocycles. The summed E-state index contributed by atoms with van der Waals surface area (Å²) in [5.41, 5.74) is 9.95. The lowest BCUT2D eigenvalue weighted by molar-refractivity contribution is 0.768. The molecule has 33 heavy (non-hydrogen) atoms. The van der Waals surface area contributed by atoms with E-state index in [-0.39, 0.29) is 5.41 Å². The smallest absolute Gasteiger partial charge is 0.0713 e. The number of hydrogen-bond acceptors (Lipinski definition) is 1. The highest BCUT2D eigenvalue weighted by Crippen LogP contribution is 2.55.